The van der Waals surface area contributed by atoms with Crippen molar-refractivity contribution in [3.8, 4) is 0 Å². The molecule has 4 nitrogen and oxygen atoms in total. The van der Waals surface area contributed by atoms with Gasteiger partial charge in [0.25, 0.3) is 6.43 Å². The number of halogens is 3. The van der Waals surface area contributed by atoms with Crippen LogP contribution < -0.4 is 5.73 Å². The van der Waals surface area contributed by atoms with Crippen LogP contribution in [0.4, 0.5) is 8.78 Å². The minimum absolute atomic E-state index is 0.0758. The zero-order valence-electron chi connectivity index (χ0n) is 9.04. The molecule has 2 N–H and O–H groups in total. The lowest BCUT2D eigenvalue weighted by atomic mass is 10.1. The Hall–Kier alpha value is -1.27. The van der Waals surface area contributed by atoms with Crippen LogP contribution in [0.3, 0.4) is 0 Å². The summed E-state index contributed by atoms with van der Waals surface area (Å²) in [4.78, 5) is 14.7. The lowest BCUT2D eigenvalue weighted by molar-refractivity contribution is -0.139. The molecule has 0 atom stereocenters. The van der Waals surface area contributed by atoms with E-state index in [0.29, 0.717) is 0 Å². The van der Waals surface area contributed by atoms with Crippen LogP contribution in [0.2, 0.25) is 5.02 Å². The minimum Gasteiger partial charge on any atom is -0.469 e. The zero-order valence-corrected chi connectivity index (χ0v) is 9.80. The quantitative estimate of drug-likeness (QED) is 0.843. The molecule has 1 aromatic heterocycles. The summed E-state index contributed by atoms with van der Waals surface area (Å²) in [5.41, 5.74) is 5.28. The fraction of sp³-hybridized carbons (Fsp3) is 0.400. The number of hydrogen-bond acceptors (Lipinski definition) is 4. The molecule has 0 aliphatic rings. The van der Waals surface area contributed by atoms with E-state index in [1.54, 1.807) is 0 Å². The molecule has 7 heteroatoms. The molecule has 94 valence electrons. The number of rotatable bonds is 4. The number of ether oxygens (including phenoxy) is 1. The maximum atomic E-state index is 12.6. The summed E-state index contributed by atoms with van der Waals surface area (Å²) in [5, 5.41) is 0.127. The Morgan fingerprint density at radius 3 is 2.76 bits per heavy atom. The summed E-state index contributed by atoms with van der Waals surface area (Å²) in [7, 11) is 1.20. The monoisotopic (exact) mass is 264 g/mol. The summed E-state index contributed by atoms with van der Waals surface area (Å²) in [6, 6.07) is 1.09. The molecule has 0 amide bonds. The zero-order chi connectivity index (χ0) is 13.0. The average Bonchev–Trinajstić information content (AvgIpc) is 2.31. The third-order valence-corrected chi connectivity index (χ3v) is 2.56. The Morgan fingerprint density at radius 2 is 2.29 bits per heavy atom. The highest BCUT2D eigenvalue weighted by atomic mass is 35.5. The second-order valence-corrected chi connectivity index (χ2v) is 3.60. The van der Waals surface area contributed by atoms with Crippen LogP contribution in [0.5, 0.6) is 0 Å². The van der Waals surface area contributed by atoms with Crippen LogP contribution in [0, 0.1) is 0 Å². The molecule has 1 rings (SSSR count). The number of pyridine rings is 1. The van der Waals surface area contributed by atoms with Crippen LogP contribution in [0.1, 0.15) is 23.4 Å². The number of alkyl halides is 2. The summed E-state index contributed by atoms with van der Waals surface area (Å²) >= 11 is 5.89. The first-order valence-corrected chi connectivity index (χ1v) is 5.10. The van der Waals surface area contributed by atoms with Crippen molar-refractivity contribution in [2.45, 2.75) is 19.4 Å². The molecule has 0 bridgehead atoms. The van der Waals surface area contributed by atoms with Crippen LogP contribution >= 0.6 is 11.6 Å². The van der Waals surface area contributed by atoms with Crippen molar-refractivity contribution in [3.63, 3.8) is 0 Å². The van der Waals surface area contributed by atoms with E-state index in [4.69, 9.17) is 17.3 Å². The number of methoxy groups -OCH3 is 1. The van der Waals surface area contributed by atoms with Crippen molar-refractivity contribution < 1.29 is 18.3 Å². The van der Waals surface area contributed by atoms with Crippen LogP contribution in [-0.4, -0.2) is 18.1 Å². The molecule has 0 aromatic carbocycles. The summed E-state index contributed by atoms with van der Waals surface area (Å²) < 4.78 is 29.5. The van der Waals surface area contributed by atoms with E-state index in [9.17, 15) is 13.6 Å². The lowest BCUT2D eigenvalue weighted by Gasteiger charge is -2.10. The highest BCUT2D eigenvalue weighted by molar-refractivity contribution is 6.32. The Morgan fingerprint density at radius 1 is 1.65 bits per heavy atom. The van der Waals surface area contributed by atoms with Gasteiger partial charge >= 0.3 is 5.97 Å². The molecular weight excluding hydrogens is 254 g/mol. The molecule has 1 heterocycles. The predicted octanol–water partition coefficient (Wildman–Crippen LogP) is 1.85. The van der Waals surface area contributed by atoms with E-state index >= 15 is 0 Å². The van der Waals surface area contributed by atoms with Gasteiger partial charge in [0.15, 0.2) is 0 Å². The van der Waals surface area contributed by atoms with Gasteiger partial charge < -0.3 is 10.5 Å². The number of nitrogens with two attached hydrogens (primary N) is 1. The number of carbonyl (C=O) groups is 1. The van der Waals surface area contributed by atoms with Crippen molar-refractivity contribution in [1.82, 2.24) is 4.98 Å². The van der Waals surface area contributed by atoms with E-state index in [1.807, 2.05) is 0 Å². The normalized spacial score (nSPS) is 10.7. The molecule has 0 saturated carbocycles. The van der Waals surface area contributed by atoms with Crippen LogP contribution in [0.15, 0.2) is 6.07 Å². The van der Waals surface area contributed by atoms with Gasteiger partial charge in [-0.2, -0.15) is 0 Å². The molecule has 0 unspecified atom stereocenters. The maximum absolute atomic E-state index is 12.6. The second kappa shape index (κ2) is 5.88. The van der Waals surface area contributed by atoms with Crippen molar-refractivity contribution in [3.05, 3.63) is 28.0 Å². The van der Waals surface area contributed by atoms with E-state index in [0.717, 1.165) is 6.07 Å². The van der Waals surface area contributed by atoms with E-state index in [2.05, 4.69) is 9.72 Å². The highest BCUT2D eigenvalue weighted by Gasteiger charge is 2.17. The molecule has 0 radical (unpaired) electrons. The molecule has 0 aliphatic heterocycles. The molecule has 17 heavy (non-hydrogen) atoms. The molecule has 0 spiro atoms. The fourth-order valence-electron chi connectivity index (χ4n) is 1.27. The summed E-state index contributed by atoms with van der Waals surface area (Å²) in [6.07, 6.45) is -2.93. The Balaban J connectivity index is 3.17. The number of carbonyl (C=O) groups excluding carboxylic acids is 1. The van der Waals surface area contributed by atoms with Gasteiger partial charge in [-0.25, -0.2) is 13.8 Å². The third-order valence-electron chi connectivity index (χ3n) is 2.10. The summed E-state index contributed by atoms with van der Waals surface area (Å²) in [5.74, 6) is -0.568. The Labute approximate surface area is 102 Å². The Kier molecular flexibility index (Phi) is 4.77. The maximum Gasteiger partial charge on any atom is 0.310 e. The van der Waals surface area contributed by atoms with Crippen LogP contribution in [-0.2, 0) is 22.5 Å². The summed E-state index contributed by atoms with van der Waals surface area (Å²) in [6.45, 7) is -0.0758. The first-order valence-electron chi connectivity index (χ1n) is 4.72. The van der Waals surface area contributed by atoms with E-state index in [1.165, 1.54) is 7.11 Å². The Bertz CT molecular complexity index is 427. The molecule has 1 aromatic rings. The fourth-order valence-corrected chi connectivity index (χ4v) is 1.51. The molecule has 0 aliphatic carbocycles. The molecular formula is C10H11ClF2N2O2. The van der Waals surface area contributed by atoms with Crippen molar-refractivity contribution in [2.24, 2.45) is 5.73 Å². The molecule has 0 fully saturated rings. The molecule has 0 saturated heterocycles. The highest BCUT2D eigenvalue weighted by Crippen LogP contribution is 2.26. The van der Waals surface area contributed by atoms with Gasteiger partial charge in [0.05, 0.1) is 24.2 Å². The van der Waals surface area contributed by atoms with E-state index in [-0.39, 0.29) is 29.2 Å². The number of aromatic nitrogens is 1. The van der Waals surface area contributed by atoms with Gasteiger partial charge in [0.2, 0.25) is 0 Å². The lowest BCUT2D eigenvalue weighted by Crippen LogP contribution is -2.10. The second-order valence-electron chi connectivity index (χ2n) is 3.22. The van der Waals surface area contributed by atoms with Crippen molar-refractivity contribution in [1.29, 1.82) is 0 Å². The van der Waals surface area contributed by atoms with Crippen molar-refractivity contribution in [2.75, 3.05) is 7.11 Å². The van der Waals surface area contributed by atoms with Gasteiger partial charge in [0.1, 0.15) is 5.69 Å². The number of esters is 1. The van der Waals surface area contributed by atoms with Gasteiger partial charge in [0, 0.05) is 6.54 Å². The topological polar surface area (TPSA) is 65.2 Å². The SMILES string of the molecule is COC(=O)Cc1cc(C(F)F)nc(CN)c1Cl. The van der Waals surface area contributed by atoms with Gasteiger partial charge in [-0.3, -0.25) is 4.79 Å². The van der Waals surface area contributed by atoms with Gasteiger partial charge in [-0.15, -0.1) is 0 Å². The number of nitrogens with zero attached hydrogens (tertiary/aromatic N) is 1. The standard InChI is InChI=1S/C10H11ClF2N2O2/c1-17-8(16)3-5-2-6(10(12)13)15-7(4-14)9(5)11/h2,10H,3-4,14H2,1H3. The largest absolute Gasteiger partial charge is 0.469 e. The first kappa shape index (κ1) is 13.8. The van der Waals surface area contributed by atoms with Gasteiger partial charge in [-0.1, -0.05) is 11.6 Å². The van der Waals surface area contributed by atoms with E-state index < -0.39 is 18.1 Å². The van der Waals surface area contributed by atoms with Crippen molar-refractivity contribution >= 4 is 17.6 Å². The first-order chi connectivity index (χ1) is 7.99. The minimum atomic E-state index is -2.74. The average molecular weight is 265 g/mol. The number of hydrogen-bond donors (Lipinski definition) is 1. The third kappa shape index (κ3) is 3.34. The predicted molar refractivity (Wildman–Crippen MR) is 57.8 cm³/mol. The van der Waals surface area contributed by atoms with Gasteiger partial charge in [-0.05, 0) is 11.6 Å². The smallest absolute Gasteiger partial charge is 0.310 e. The van der Waals surface area contributed by atoms with Crippen LogP contribution in [0.25, 0.3) is 0 Å².